The molecule has 0 radical (unpaired) electrons. The number of hydrogen-bond acceptors (Lipinski definition) is 6. The van der Waals surface area contributed by atoms with Crippen molar-refractivity contribution < 1.29 is 45.4 Å². The largest absolute Gasteiger partial charge is 0.464 e. The van der Waals surface area contributed by atoms with Crippen molar-refractivity contribution in [2.24, 2.45) is 0 Å². The number of nitrogens with zero attached hydrogens (tertiary/aromatic N) is 2. The van der Waals surface area contributed by atoms with Gasteiger partial charge in [-0.2, -0.15) is 26.3 Å². The predicted molar refractivity (Wildman–Crippen MR) is 110 cm³/mol. The number of carbonyl (C=O) groups is 2. The van der Waals surface area contributed by atoms with Gasteiger partial charge in [-0.1, -0.05) is 0 Å². The maximum absolute atomic E-state index is 13.1. The van der Waals surface area contributed by atoms with Crippen LogP contribution < -0.4 is 5.32 Å². The number of carbonyl (C=O) groups excluding carboxylic acids is 2. The van der Waals surface area contributed by atoms with Crippen molar-refractivity contribution in [1.82, 2.24) is 9.88 Å². The van der Waals surface area contributed by atoms with Gasteiger partial charge in [0.2, 0.25) is 0 Å². The van der Waals surface area contributed by atoms with Crippen molar-refractivity contribution in [3.05, 3.63) is 45.4 Å². The van der Waals surface area contributed by atoms with Gasteiger partial charge in [0, 0.05) is 30.8 Å². The Morgan fingerprint density at radius 3 is 2.24 bits per heavy atom. The van der Waals surface area contributed by atoms with Gasteiger partial charge in [0.05, 0.1) is 24.8 Å². The SMILES string of the molecule is CCOCCCN(Cc1nc(C(=O)OC)cs1)C(=O)Nc1cc(C(F)(F)F)cc(C(F)(F)F)c1. The first kappa shape index (κ1) is 27.4. The molecule has 7 nitrogen and oxygen atoms in total. The van der Waals surface area contributed by atoms with Crippen molar-refractivity contribution in [3.63, 3.8) is 0 Å². The molecule has 0 fully saturated rings. The molecule has 1 aromatic carbocycles. The van der Waals surface area contributed by atoms with Gasteiger partial charge in [-0.25, -0.2) is 14.6 Å². The lowest BCUT2D eigenvalue weighted by atomic mass is 10.1. The molecule has 2 rings (SSSR count). The van der Waals surface area contributed by atoms with Crippen molar-refractivity contribution in [2.75, 3.05) is 32.2 Å². The highest BCUT2D eigenvalue weighted by Crippen LogP contribution is 2.37. The molecule has 0 saturated carbocycles. The second-order valence-corrected chi connectivity index (χ2v) is 7.76. The molecule has 1 heterocycles. The van der Waals surface area contributed by atoms with Crippen LogP contribution in [0.25, 0.3) is 0 Å². The van der Waals surface area contributed by atoms with E-state index in [1.54, 1.807) is 6.92 Å². The summed E-state index contributed by atoms with van der Waals surface area (Å²) in [5.41, 5.74) is -3.77. The first-order valence-electron chi connectivity index (χ1n) is 9.81. The summed E-state index contributed by atoms with van der Waals surface area (Å²) >= 11 is 1.04. The number of urea groups is 1. The molecular formula is C20H21F6N3O4S. The van der Waals surface area contributed by atoms with E-state index in [0.717, 1.165) is 16.2 Å². The number of esters is 1. The van der Waals surface area contributed by atoms with Gasteiger partial charge in [0.25, 0.3) is 0 Å². The van der Waals surface area contributed by atoms with Gasteiger partial charge < -0.3 is 19.7 Å². The standard InChI is InChI=1S/C20H21F6N3O4S/c1-3-33-6-4-5-29(10-16-28-15(11-34-16)17(30)32-2)18(31)27-14-8-12(19(21,22)23)7-13(9-14)20(24,25)26/h7-9,11H,3-6,10H2,1-2H3,(H,27,31). The topological polar surface area (TPSA) is 80.8 Å². The molecule has 0 bridgehead atoms. The fourth-order valence-corrected chi connectivity index (χ4v) is 3.51. The number of nitrogens with one attached hydrogen (secondary N) is 1. The van der Waals surface area contributed by atoms with E-state index in [1.807, 2.05) is 0 Å². The minimum absolute atomic E-state index is 0.00451. The third-order valence-corrected chi connectivity index (χ3v) is 5.15. The molecule has 14 heteroatoms. The van der Waals surface area contributed by atoms with Crippen molar-refractivity contribution in [1.29, 1.82) is 0 Å². The lowest BCUT2D eigenvalue weighted by Crippen LogP contribution is -2.36. The molecule has 34 heavy (non-hydrogen) atoms. The zero-order valence-electron chi connectivity index (χ0n) is 18.0. The minimum Gasteiger partial charge on any atom is -0.464 e. The molecule has 0 saturated heterocycles. The molecule has 0 aliphatic carbocycles. The van der Waals surface area contributed by atoms with Gasteiger partial charge in [0.1, 0.15) is 5.01 Å². The summed E-state index contributed by atoms with van der Waals surface area (Å²) in [6, 6.07) is -0.132. The number of aromatic nitrogens is 1. The highest BCUT2D eigenvalue weighted by Gasteiger charge is 2.37. The maximum atomic E-state index is 13.1. The number of thiazole rings is 1. The van der Waals surface area contributed by atoms with Crippen LogP contribution in [-0.4, -0.2) is 48.8 Å². The van der Waals surface area contributed by atoms with Crippen molar-refractivity contribution in [3.8, 4) is 0 Å². The molecule has 1 aromatic heterocycles. The van der Waals surface area contributed by atoms with E-state index < -0.39 is 41.2 Å². The second kappa shape index (κ2) is 11.5. The minimum atomic E-state index is -5.05. The van der Waals surface area contributed by atoms with E-state index in [9.17, 15) is 35.9 Å². The third kappa shape index (κ3) is 7.87. The Balaban J connectivity index is 2.28. The Morgan fingerprint density at radius 1 is 1.09 bits per heavy atom. The summed E-state index contributed by atoms with van der Waals surface area (Å²) in [7, 11) is 1.17. The lowest BCUT2D eigenvalue weighted by Gasteiger charge is -2.23. The summed E-state index contributed by atoms with van der Waals surface area (Å²) in [4.78, 5) is 29.6. The van der Waals surface area contributed by atoms with E-state index in [0.29, 0.717) is 30.2 Å². The third-order valence-electron chi connectivity index (χ3n) is 4.32. The first-order chi connectivity index (χ1) is 15.8. The van der Waals surface area contributed by atoms with E-state index >= 15 is 0 Å². The number of ether oxygens (including phenoxy) is 2. The molecule has 2 amide bonds. The van der Waals surface area contributed by atoms with Crippen LogP contribution in [0.5, 0.6) is 0 Å². The molecule has 2 aromatic rings. The number of rotatable bonds is 9. The fraction of sp³-hybridized carbons (Fsp3) is 0.450. The van der Waals surface area contributed by atoms with Crippen LogP contribution in [0.1, 0.15) is 40.0 Å². The van der Waals surface area contributed by atoms with Crippen molar-refractivity contribution in [2.45, 2.75) is 32.2 Å². The van der Waals surface area contributed by atoms with Gasteiger partial charge in [-0.3, -0.25) is 0 Å². The number of halogens is 6. The summed E-state index contributed by atoms with van der Waals surface area (Å²) in [5.74, 6) is -0.696. The lowest BCUT2D eigenvalue weighted by molar-refractivity contribution is -0.143. The van der Waals surface area contributed by atoms with Crippen LogP contribution in [0.3, 0.4) is 0 Å². The Labute approximate surface area is 194 Å². The number of anilines is 1. The fourth-order valence-electron chi connectivity index (χ4n) is 2.73. The van der Waals surface area contributed by atoms with Gasteiger partial charge in [0.15, 0.2) is 5.69 Å². The monoisotopic (exact) mass is 513 g/mol. The first-order valence-corrected chi connectivity index (χ1v) is 10.7. The Bertz CT molecular complexity index is 961. The number of benzene rings is 1. The second-order valence-electron chi connectivity index (χ2n) is 6.81. The van der Waals surface area contributed by atoms with Crippen LogP contribution in [0, 0.1) is 0 Å². The number of amides is 2. The van der Waals surface area contributed by atoms with E-state index in [2.05, 4.69) is 15.0 Å². The van der Waals surface area contributed by atoms with Crippen LogP contribution in [0.2, 0.25) is 0 Å². The quantitative estimate of drug-likeness (QED) is 0.275. The number of hydrogen-bond donors (Lipinski definition) is 1. The van der Waals surface area contributed by atoms with Gasteiger partial charge in [-0.05, 0) is 31.5 Å². The smallest absolute Gasteiger partial charge is 0.416 e. The maximum Gasteiger partial charge on any atom is 0.416 e. The predicted octanol–water partition coefficient (Wildman–Crippen LogP) is 5.43. The van der Waals surface area contributed by atoms with Gasteiger partial charge in [-0.15, -0.1) is 11.3 Å². The van der Waals surface area contributed by atoms with E-state index in [1.165, 1.54) is 12.5 Å². The van der Waals surface area contributed by atoms with Crippen LogP contribution in [-0.2, 0) is 28.4 Å². The zero-order valence-corrected chi connectivity index (χ0v) is 18.9. The van der Waals surface area contributed by atoms with E-state index in [4.69, 9.17) is 4.74 Å². The average Bonchev–Trinajstić information content (AvgIpc) is 3.22. The molecule has 0 aliphatic heterocycles. The molecule has 0 spiro atoms. The Hall–Kier alpha value is -2.87. The van der Waals surface area contributed by atoms with Crippen LogP contribution >= 0.6 is 11.3 Å². The summed E-state index contributed by atoms with van der Waals surface area (Å²) in [6.07, 6.45) is -9.76. The van der Waals surface area contributed by atoms with Crippen LogP contribution in [0.4, 0.5) is 36.8 Å². The number of alkyl halides is 6. The molecular weight excluding hydrogens is 492 g/mol. The summed E-state index contributed by atoms with van der Waals surface area (Å²) < 4.78 is 88.4. The molecule has 0 aliphatic rings. The molecule has 0 unspecified atom stereocenters. The molecule has 188 valence electrons. The highest BCUT2D eigenvalue weighted by atomic mass is 32.1. The van der Waals surface area contributed by atoms with E-state index in [-0.39, 0.29) is 31.5 Å². The van der Waals surface area contributed by atoms with Gasteiger partial charge >= 0.3 is 24.4 Å². The average molecular weight is 513 g/mol. The summed E-state index contributed by atoms with van der Waals surface area (Å²) in [5, 5.41) is 3.81. The van der Waals surface area contributed by atoms with Crippen LogP contribution in [0.15, 0.2) is 23.6 Å². The summed E-state index contributed by atoms with van der Waals surface area (Å²) in [6.45, 7) is 2.37. The Kier molecular flexibility index (Phi) is 9.27. The number of methoxy groups -OCH3 is 1. The molecule has 1 N–H and O–H groups in total. The normalized spacial score (nSPS) is 11.9. The molecule has 0 atom stereocenters. The Morgan fingerprint density at radius 2 is 1.71 bits per heavy atom. The zero-order chi connectivity index (χ0) is 25.5. The van der Waals surface area contributed by atoms with Crippen molar-refractivity contribution >= 4 is 29.0 Å². The highest BCUT2D eigenvalue weighted by molar-refractivity contribution is 7.09.